The van der Waals surface area contributed by atoms with Gasteiger partial charge >= 0.3 is 5.97 Å². The molecule has 0 bridgehead atoms. The summed E-state index contributed by atoms with van der Waals surface area (Å²) >= 11 is 15.6. The molecule has 0 unspecified atom stereocenters. The van der Waals surface area contributed by atoms with Gasteiger partial charge in [0.05, 0.1) is 26.7 Å². The Kier molecular flexibility index (Phi) is 8.07. The number of carbonyl (C=O) groups is 1. The lowest BCUT2D eigenvalue weighted by atomic mass is 10.1. The van der Waals surface area contributed by atoms with Gasteiger partial charge in [-0.3, -0.25) is 0 Å². The molecule has 162 valence electrons. The third kappa shape index (κ3) is 6.29. The smallest absolute Gasteiger partial charge is 0.335 e. The third-order valence-corrected chi connectivity index (χ3v) is 5.69. The summed E-state index contributed by atoms with van der Waals surface area (Å²) in [5.41, 5.74) is 2.92. The number of rotatable bonds is 9. The van der Waals surface area contributed by atoms with E-state index in [0.29, 0.717) is 41.3 Å². The molecule has 8 heteroatoms. The third-order valence-electron chi connectivity index (χ3n) is 4.36. The molecule has 0 heterocycles. The second-order valence-corrected chi connectivity index (χ2v) is 8.28. The number of nitrogens with one attached hydrogen (secondary N) is 1. The molecular formula is C23H20BrCl2NO4. The fourth-order valence-corrected chi connectivity index (χ4v) is 3.77. The fraction of sp³-hybridized carbons (Fsp3) is 0.174. The summed E-state index contributed by atoms with van der Waals surface area (Å²) in [5, 5.41) is 13.2. The lowest BCUT2D eigenvalue weighted by Crippen LogP contribution is -2.04. The summed E-state index contributed by atoms with van der Waals surface area (Å²) in [6.45, 7) is 3.23. The molecule has 0 aliphatic rings. The van der Waals surface area contributed by atoms with E-state index in [0.717, 1.165) is 21.3 Å². The minimum absolute atomic E-state index is 0.246. The fourth-order valence-electron chi connectivity index (χ4n) is 2.85. The average molecular weight is 525 g/mol. The Hall–Kier alpha value is -2.41. The van der Waals surface area contributed by atoms with Crippen molar-refractivity contribution in [3.8, 4) is 11.5 Å². The highest BCUT2D eigenvalue weighted by Gasteiger charge is 2.13. The van der Waals surface area contributed by atoms with Crippen LogP contribution < -0.4 is 14.8 Å². The lowest BCUT2D eigenvalue weighted by molar-refractivity contribution is 0.0697. The minimum Gasteiger partial charge on any atom is -0.490 e. The molecule has 0 atom stereocenters. The second-order valence-electron chi connectivity index (χ2n) is 6.61. The van der Waals surface area contributed by atoms with Crippen LogP contribution in [0.25, 0.3) is 0 Å². The quantitative estimate of drug-likeness (QED) is 0.314. The molecule has 0 aliphatic heterocycles. The molecule has 0 amide bonds. The molecule has 0 aliphatic carbocycles. The molecule has 0 radical (unpaired) electrons. The van der Waals surface area contributed by atoms with Gasteiger partial charge in [0.2, 0.25) is 0 Å². The van der Waals surface area contributed by atoms with E-state index in [1.165, 1.54) is 0 Å². The van der Waals surface area contributed by atoms with Gasteiger partial charge in [0, 0.05) is 12.2 Å². The number of ether oxygens (including phenoxy) is 2. The Labute approximate surface area is 199 Å². The van der Waals surface area contributed by atoms with Crippen LogP contribution in [0.2, 0.25) is 10.0 Å². The van der Waals surface area contributed by atoms with E-state index in [1.54, 1.807) is 36.4 Å². The van der Waals surface area contributed by atoms with Gasteiger partial charge in [-0.15, -0.1) is 0 Å². The largest absolute Gasteiger partial charge is 0.490 e. The van der Waals surface area contributed by atoms with E-state index in [1.807, 2.05) is 25.1 Å². The van der Waals surface area contributed by atoms with Crippen molar-refractivity contribution in [3.05, 3.63) is 85.8 Å². The van der Waals surface area contributed by atoms with E-state index in [-0.39, 0.29) is 5.56 Å². The summed E-state index contributed by atoms with van der Waals surface area (Å²) in [6.07, 6.45) is 0. The van der Waals surface area contributed by atoms with Crippen LogP contribution in [0.15, 0.2) is 59.1 Å². The molecule has 31 heavy (non-hydrogen) atoms. The van der Waals surface area contributed by atoms with Crippen molar-refractivity contribution in [1.29, 1.82) is 0 Å². The van der Waals surface area contributed by atoms with Gasteiger partial charge in [-0.1, -0.05) is 29.3 Å². The first-order valence-electron chi connectivity index (χ1n) is 9.46. The summed E-state index contributed by atoms with van der Waals surface area (Å²) < 4.78 is 12.6. The van der Waals surface area contributed by atoms with E-state index in [9.17, 15) is 4.79 Å². The summed E-state index contributed by atoms with van der Waals surface area (Å²) in [6, 6.07) is 15.8. The maximum absolute atomic E-state index is 11.0. The van der Waals surface area contributed by atoms with Crippen molar-refractivity contribution < 1.29 is 19.4 Å². The maximum atomic E-state index is 11.0. The molecule has 0 saturated heterocycles. The Morgan fingerprint density at radius 2 is 1.74 bits per heavy atom. The van der Waals surface area contributed by atoms with Crippen LogP contribution in [0, 0.1) is 0 Å². The van der Waals surface area contributed by atoms with Gasteiger partial charge < -0.3 is 19.9 Å². The normalized spacial score (nSPS) is 10.6. The molecule has 0 aromatic heterocycles. The minimum atomic E-state index is -0.951. The zero-order valence-corrected chi connectivity index (χ0v) is 19.7. The van der Waals surface area contributed by atoms with Gasteiger partial charge in [-0.05, 0) is 82.5 Å². The van der Waals surface area contributed by atoms with Crippen molar-refractivity contribution in [2.75, 3.05) is 11.9 Å². The molecular weight excluding hydrogens is 505 g/mol. The van der Waals surface area contributed by atoms with Crippen LogP contribution in [0.4, 0.5) is 5.69 Å². The van der Waals surface area contributed by atoms with E-state index in [2.05, 4.69) is 21.2 Å². The number of halogens is 3. The number of benzene rings is 3. The number of hydrogen-bond donors (Lipinski definition) is 2. The van der Waals surface area contributed by atoms with Crippen molar-refractivity contribution in [1.82, 2.24) is 0 Å². The Morgan fingerprint density at radius 3 is 2.39 bits per heavy atom. The molecule has 2 N–H and O–H groups in total. The van der Waals surface area contributed by atoms with E-state index < -0.39 is 5.97 Å². The Balaban J connectivity index is 1.72. The number of carboxylic acids is 1. The topological polar surface area (TPSA) is 67.8 Å². The average Bonchev–Trinajstić information content (AvgIpc) is 2.74. The Morgan fingerprint density at radius 1 is 1.00 bits per heavy atom. The maximum Gasteiger partial charge on any atom is 0.335 e. The first-order valence-corrected chi connectivity index (χ1v) is 11.0. The zero-order valence-electron chi connectivity index (χ0n) is 16.6. The summed E-state index contributed by atoms with van der Waals surface area (Å²) in [7, 11) is 0. The zero-order chi connectivity index (χ0) is 22.4. The van der Waals surface area contributed by atoms with Crippen LogP contribution in [0.1, 0.15) is 28.4 Å². The molecule has 3 aromatic rings. The van der Waals surface area contributed by atoms with Crippen LogP contribution >= 0.6 is 39.1 Å². The lowest BCUT2D eigenvalue weighted by Gasteiger charge is -2.16. The van der Waals surface area contributed by atoms with E-state index >= 15 is 0 Å². The van der Waals surface area contributed by atoms with Crippen LogP contribution in [-0.4, -0.2) is 17.7 Å². The molecule has 5 nitrogen and oxygen atoms in total. The SMILES string of the molecule is CCOc1cc(CNc2ccc(C(=O)O)cc2)cc(Br)c1OCc1ccc(Cl)c(Cl)c1. The number of carboxylic acid groups (broad SMARTS) is 1. The van der Waals surface area contributed by atoms with Crippen molar-refractivity contribution in [2.24, 2.45) is 0 Å². The van der Waals surface area contributed by atoms with Crippen molar-refractivity contribution in [3.63, 3.8) is 0 Å². The van der Waals surface area contributed by atoms with Crippen LogP contribution in [0.3, 0.4) is 0 Å². The van der Waals surface area contributed by atoms with Crippen molar-refractivity contribution >= 4 is 50.8 Å². The van der Waals surface area contributed by atoms with E-state index in [4.69, 9.17) is 37.8 Å². The highest BCUT2D eigenvalue weighted by molar-refractivity contribution is 9.10. The summed E-state index contributed by atoms with van der Waals surface area (Å²) in [5.74, 6) is 0.269. The highest BCUT2D eigenvalue weighted by Crippen LogP contribution is 2.38. The number of anilines is 1. The number of aromatic carboxylic acids is 1. The molecule has 0 spiro atoms. The standard InChI is InChI=1S/C23H20BrCl2NO4/c1-2-30-21-11-15(12-27-17-6-4-16(5-7-17)23(28)29)9-18(24)22(21)31-13-14-3-8-19(25)20(26)10-14/h3-11,27H,2,12-13H2,1H3,(H,28,29). The van der Waals surface area contributed by atoms with Gasteiger partial charge in [0.15, 0.2) is 11.5 Å². The van der Waals surface area contributed by atoms with Crippen LogP contribution in [-0.2, 0) is 13.2 Å². The first-order chi connectivity index (χ1) is 14.9. The first kappa shape index (κ1) is 23.3. The summed E-state index contributed by atoms with van der Waals surface area (Å²) in [4.78, 5) is 11.0. The monoisotopic (exact) mass is 523 g/mol. The van der Waals surface area contributed by atoms with Crippen LogP contribution in [0.5, 0.6) is 11.5 Å². The van der Waals surface area contributed by atoms with Gasteiger partial charge in [0.25, 0.3) is 0 Å². The molecule has 0 fully saturated rings. The predicted octanol–water partition coefficient (Wildman–Crippen LogP) is 7.04. The molecule has 3 rings (SSSR count). The van der Waals surface area contributed by atoms with Gasteiger partial charge in [0.1, 0.15) is 6.61 Å². The van der Waals surface area contributed by atoms with Gasteiger partial charge in [-0.2, -0.15) is 0 Å². The highest BCUT2D eigenvalue weighted by atomic mass is 79.9. The Bertz CT molecular complexity index is 1070. The molecule has 0 saturated carbocycles. The molecule has 3 aromatic carbocycles. The van der Waals surface area contributed by atoms with Gasteiger partial charge in [-0.25, -0.2) is 4.79 Å². The number of hydrogen-bond acceptors (Lipinski definition) is 4. The second kappa shape index (κ2) is 10.8. The van der Waals surface area contributed by atoms with Crippen molar-refractivity contribution in [2.45, 2.75) is 20.1 Å². The predicted molar refractivity (Wildman–Crippen MR) is 127 cm³/mol.